The molecule has 0 saturated carbocycles. The van der Waals surface area contributed by atoms with Crippen LogP contribution in [0.2, 0.25) is 13.3 Å². The molecule has 148 valence electrons. The third-order valence-corrected chi connectivity index (χ3v) is 28.3. The summed E-state index contributed by atoms with van der Waals surface area (Å²) in [6.45, 7) is 9.30. The summed E-state index contributed by atoms with van der Waals surface area (Å²) >= 11 is 5.62. The molecule has 0 bridgehead atoms. The number of hydrogen-bond donors (Lipinski definition) is 0. The molecule has 26 heavy (non-hydrogen) atoms. The Bertz CT molecular complexity index is 537. The zero-order valence-corrected chi connectivity index (χ0v) is 23.3. The topological polar surface area (TPSA) is 0 Å². The van der Waals surface area contributed by atoms with Gasteiger partial charge in [0, 0.05) is 0 Å². The molecule has 0 unspecified atom stereocenters. The quantitative estimate of drug-likeness (QED) is 0.0947. The number of rotatable bonds is 14. The molecule has 1 heterocycles. The van der Waals surface area contributed by atoms with Gasteiger partial charge >= 0.3 is 185 Å². The van der Waals surface area contributed by atoms with Crippen LogP contribution >= 0.6 is 39.0 Å². The van der Waals surface area contributed by atoms with Crippen LogP contribution in [0.25, 0.3) is 0 Å². The van der Waals surface area contributed by atoms with Crippen molar-refractivity contribution < 1.29 is 0 Å². The molecular weight excluding hydrogens is 527 g/mol. The molecule has 1 aromatic rings. The van der Waals surface area contributed by atoms with Gasteiger partial charge in [-0.3, -0.25) is 0 Å². The van der Waals surface area contributed by atoms with Crippen LogP contribution in [0.1, 0.15) is 83.9 Å². The van der Waals surface area contributed by atoms with Gasteiger partial charge in [-0.05, 0) is 0 Å². The first-order valence-electron chi connectivity index (χ1n) is 10.5. The molecule has 0 spiro atoms. The Morgan fingerprint density at radius 3 is 1.85 bits per heavy atom. The van der Waals surface area contributed by atoms with Crippen LogP contribution in [0, 0.1) is 12.3 Å². The standard InChI is InChI=1S/C10H10BrS2.3C4H9.Sn/c1-3-5-6-12-10-8(11)7-13-9(10)4-2;3*1-3-4-2;/h2H,3,5-6H2,1H3;3*1,3-4H2,2H3;. The Morgan fingerprint density at radius 1 is 0.923 bits per heavy atom. The van der Waals surface area contributed by atoms with E-state index < -0.39 is 18.4 Å². The van der Waals surface area contributed by atoms with Gasteiger partial charge in [0.15, 0.2) is 0 Å². The molecule has 0 saturated heterocycles. The third-order valence-electron chi connectivity index (χ3n) is 5.19. The first kappa shape index (κ1) is 24.9. The van der Waals surface area contributed by atoms with Crippen LogP contribution in [0.4, 0.5) is 0 Å². The van der Waals surface area contributed by atoms with E-state index in [1.54, 1.807) is 2.89 Å². The van der Waals surface area contributed by atoms with E-state index in [4.69, 9.17) is 6.42 Å². The van der Waals surface area contributed by atoms with Gasteiger partial charge in [0.25, 0.3) is 0 Å². The van der Waals surface area contributed by atoms with E-state index in [-0.39, 0.29) is 0 Å². The van der Waals surface area contributed by atoms with Crippen molar-refractivity contribution in [2.75, 3.05) is 5.75 Å². The molecule has 0 N–H and O–H groups in total. The summed E-state index contributed by atoms with van der Waals surface area (Å²) in [7, 11) is 0. The van der Waals surface area contributed by atoms with Gasteiger partial charge in [0.2, 0.25) is 0 Å². The SMILES string of the molecule is C#Cc1s[c]([Sn]([CH2]CCC)([CH2]CCC)[CH2]CCC)c(Br)c1SCCCC. The molecule has 0 aliphatic carbocycles. The van der Waals surface area contributed by atoms with Crippen molar-refractivity contribution in [1.82, 2.24) is 0 Å². The zero-order chi connectivity index (χ0) is 19.4. The van der Waals surface area contributed by atoms with Crippen LogP contribution in [0.3, 0.4) is 0 Å². The summed E-state index contributed by atoms with van der Waals surface area (Å²) < 4.78 is 7.69. The number of terminal acetylenes is 1. The van der Waals surface area contributed by atoms with Gasteiger partial charge in [0.05, 0.1) is 0 Å². The van der Waals surface area contributed by atoms with Gasteiger partial charge in [0.1, 0.15) is 0 Å². The first-order chi connectivity index (χ1) is 12.6. The molecule has 1 rings (SSSR count). The maximum absolute atomic E-state index is 5.93. The average molecular weight is 564 g/mol. The van der Waals surface area contributed by atoms with Gasteiger partial charge in [-0.1, -0.05) is 0 Å². The van der Waals surface area contributed by atoms with Crippen molar-refractivity contribution in [1.29, 1.82) is 0 Å². The third kappa shape index (κ3) is 7.05. The second-order valence-corrected chi connectivity index (χ2v) is 24.3. The van der Waals surface area contributed by atoms with Crippen molar-refractivity contribution >= 4 is 60.3 Å². The van der Waals surface area contributed by atoms with Crippen LogP contribution in [-0.2, 0) is 0 Å². The second-order valence-electron chi connectivity index (χ2n) is 7.34. The second kappa shape index (κ2) is 14.0. The molecule has 1 aromatic heterocycles. The van der Waals surface area contributed by atoms with Crippen molar-refractivity contribution in [3.63, 3.8) is 0 Å². The van der Waals surface area contributed by atoms with E-state index in [2.05, 4.69) is 49.5 Å². The summed E-state index contributed by atoms with van der Waals surface area (Å²) in [5.41, 5.74) is 0. The molecule has 0 aliphatic rings. The Kier molecular flexibility index (Phi) is 13.4. The normalized spacial score (nSPS) is 11.7. The Morgan fingerprint density at radius 2 is 1.42 bits per heavy atom. The Hall–Kier alpha value is 0.889. The van der Waals surface area contributed by atoms with Gasteiger partial charge < -0.3 is 0 Å². The summed E-state index contributed by atoms with van der Waals surface area (Å²) in [5, 5.41) is 0. The first-order valence-corrected chi connectivity index (χ1v) is 20.6. The summed E-state index contributed by atoms with van der Waals surface area (Å²) in [6.07, 6.45) is 16.6. The molecule has 0 aliphatic heterocycles. The predicted molar refractivity (Wildman–Crippen MR) is 130 cm³/mol. The van der Waals surface area contributed by atoms with Crippen molar-refractivity contribution in [3.05, 3.63) is 9.35 Å². The summed E-state index contributed by atoms with van der Waals surface area (Å²) in [6, 6.07) is 0. The van der Waals surface area contributed by atoms with E-state index in [1.165, 1.54) is 84.7 Å². The molecule has 0 aromatic carbocycles. The van der Waals surface area contributed by atoms with E-state index >= 15 is 0 Å². The monoisotopic (exact) mass is 564 g/mol. The van der Waals surface area contributed by atoms with Gasteiger partial charge in [-0.15, -0.1) is 0 Å². The van der Waals surface area contributed by atoms with Crippen LogP contribution < -0.4 is 2.89 Å². The minimum atomic E-state index is -2.41. The molecule has 0 amide bonds. The van der Waals surface area contributed by atoms with E-state index in [1.807, 2.05) is 23.1 Å². The number of thioether (sulfide) groups is 1. The zero-order valence-electron chi connectivity index (χ0n) is 17.3. The van der Waals surface area contributed by atoms with E-state index in [0.29, 0.717) is 0 Å². The van der Waals surface area contributed by atoms with Gasteiger partial charge in [-0.25, -0.2) is 0 Å². The summed E-state index contributed by atoms with van der Waals surface area (Å²) in [5.74, 6) is 4.21. The van der Waals surface area contributed by atoms with Crippen molar-refractivity contribution in [2.24, 2.45) is 0 Å². The van der Waals surface area contributed by atoms with Crippen LogP contribution in [-0.4, -0.2) is 24.1 Å². The maximum atomic E-state index is 5.93. The number of thiophene rings is 1. The molecular formula is C22H37BrS2Sn. The number of halogens is 1. The molecule has 0 atom stereocenters. The van der Waals surface area contributed by atoms with Crippen LogP contribution in [0.5, 0.6) is 0 Å². The molecule has 0 radical (unpaired) electrons. The fourth-order valence-electron chi connectivity index (χ4n) is 3.54. The van der Waals surface area contributed by atoms with Crippen LogP contribution in [0.15, 0.2) is 9.37 Å². The van der Waals surface area contributed by atoms with Gasteiger partial charge in [-0.2, -0.15) is 0 Å². The fraction of sp³-hybridized carbons (Fsp3) is 0.727. The average Bonchev–Trinajstić information content (AvgIpc) is 2.98. The minimum absolute atomic E-state index is 1.18. The predicted octanol–water partition coefficient (Wildman–Crippen LogP) is 8.44. The van der Waals surface area contributed by atoms with Crippen molar-refractivity contribution in [3.8, 4) is 12.3 Å². The number of unbranched alkanes of at least 4 members (excludes halogenated alkanes) is 4. The summed E-state index contributed by atoms with van der Waals surface area (Å²) in [4.78, 5) is 2.57. The van der Waals surface area contributed by atoms with Crippen molar-refractivity contribution in [2.45, 2.75) is 97.3 Å². The Balaban J connectivity index is 3.30. The molecule has 0 fully saturated rings. The van der Waals surface area contributed by atoms with E-state index in [9.17, 15) is 0 Å². The molecule has 0 nitrogen and oxygen atoms in total. The molecule has 4 heteroatoms. The number of hydrogen-bond acceptors (Lipinski definition) is 2. The fourth-order valence-corrected chi connectivity index (χ4v) is 29.2. The van der Waals surface area contributed by atoms with E-state index in [0.717, 1.165) is 0 Å². The Labute approximate surface area is 183 Å².